The number of nitrogens with one attached hydrogen (secondary N) is 1. The quantitative estimate of drug-likeness (QED) is 0.756. The maximum atomic E-state index is 13.9. The first-order valence-corrected chi connectivity index (χ1v) is 9.45. The Bertz CT molecular complexity index is 936. The number of halogens is 3. The Morgan fingerprint density at radius 3 is 2.79 bits per heavy atom. The van der Waals surface area contributed by atoms with E-state index < -0.39 is 23.7 Å². The minimum atomic E-state index is -0.778. The van der Waals surface area contributed by atoms with Crippen LogP contribution >= 0.6 is 23.2 Å². The Hall–Kier alpha value is -2.31. The van der Waals surface area contributed by atoms with Crippen LogP contribution in [0.3, 0.4) is 0 Å². The van der Waals surface area contributed by atoms with Gasteiger partial charge in [0.05, 0.1) is 17.7 Å². The molecule has 0 aromatic heterocycles. The molecule has 5 nitrogen and oxygen atoms in total. The van der Waals surface area contributed by atoms with E-state index in [0.29, 0.717) is 34.9 Å². The van der Waals surface area contributed by atoms with Crippen LogP contribution in [0.5, 0.6) is 5.75 Å². The van der Waals surface area contributed by atoms with Gasteiger partial charge in [0, 0.05) is 31.1 Å². The first-order valence-electron chi connectivity index (χ1n) is 8.69. The van der Waals surface area contributed by atoms with Crippen LogP contribution in [0.25, 0.3) is 0 Å². The number of likely N-dealkylation sites (N-methyl/N-ethyl adjacent to an activating group) is 1. The topological polar surface area (TPSA) is 58.6 Å². The third kappa shape index (κ3) is 4.23. The van der Waals surface area contributed by atoms with Crippen molar-refractivity contribution in [3.8, 4) is 5.75 Å². The Labute approximate surface area is 172 Å². The molecule has 2 amide bonds. The minimum absolute atomic E-state index is 0.00837. The number of ether oxygens (including phenoxy) is 1. The zero-order valence-corrected chi connectivity index (χ0v) is 16.9. The molecule has 1 N–H and O–H groups in total. The molecule has 0 bridgehead atoms. The van der Waals surface area contributed by atoms with Crippen molar-refractivity contribution in [1.82, 2.24) is 10.2 Å². The summed E-state index contributed by atoms with van der Waals surface area (Å²) in [6, 6.07) is 7.54. The van der Waals surface area contributed by atoms with Crippen molar-refractivity contribution in [2.24, 2.45) is 0 Å². The summed E-state index contributed by atoms with van der Waals surface area (Å²) in [7, 11) is 1.46. The number of hydrogen-bond acceptors (Lipinski definition) is 3. The van der Waals surface area contributed by atoms with Gasteiger partial charge < -0.3 is 15.0 Å². The predicted octanol–water partition coefficient (Wildman–Crippen LogP) is 4.04. The van der Waals surface area contributed by atoms with Gasteiger partial charge in [-0.05, 0) is 19.1 Å². The lowest BCUT2D eigenvalue weighted by Crippen LogP contribution is -2.43. The normalized spacial score (nSPS) is 15.4. The van der Waals surface area contributed by atoms with Gasteiger partial charge in [0.1, 0.15) is 16.6 Å². The molecule has 2 aromatic carbocycles. The van der Waals surface area contributed by atoms with Gasteiger partial charge in [0.25, 0.3) is 0 Å². The minimum Gasteiger partial charge on any atom is -0.492 e. The fourth-order valence-corrected chi connectivity index (χ4v) is 3.47. The summed E-state index contributed by atoms with van der Waals surface area (Å²) in [4.78, 5) is 26.1. The molecular weight excluding hydrogens is 406 g/mol. The first kappa shape index (κ1) is 20.4. The van der Waals surface area contributed by atoms with Gasteiger partial charge in [0.2, 0.25) is 0 Å². The van der Waals surface area contributed by atoms with Crippen LogP contribution in [-0.4, -0.2) is 30.4 Å². The standard InChI is InChI=1S/C20H19Cl2FN2O3/c1-11-3-6-15(23)12(9-11)10-25(2)20(27)19(26)24-16-7-8-28-18-13(16)4-5-14(21)17(18)22/h3-6,9,16H,7-8,10H2,1-2H3,(H,24,26). The molecule has 1 aliphatic heterocycles. The van der Waals surface area contributed by atoms with E-state index in [-0.39, 0.29) is 11.6 Å². The smallest absolute Gasteiger partial charge is 0.311 e. The Morgan fingerprint density at radius 2 is 2.04 bits per heavy atom. The van der Waals surface area contributed by atoms with E-state index in [2.05, 4.69) is 5.32 Å². The van der Waals surface area contributed by atoms with E-state index in [1.54, 1.807) is 24.3 Å². The van der Waals surface area contributed by atoms with Crippen molar-refractivity contribution in [1.29, 1.82) is 0 Å². The average molecular weight is 425 g/mol. The Kier molecular flexibility index (Phi) is 6.10. The third-order valence-corrected chi connectivity index (χ3v) is 5.35. The number of hydrogen-bond donors (Lipinski definition) is 1. The third-order valence-electron chi connectivity index (χ3n) is 4.56. The van der Waals surface area contributed by atoms with Crippen LogP contribution in [0, 0.1) is 12.7 Å². The highest BCUT2D eigenvalue weighted by molar-refractivity contribution is 6.43. The number of amides is 2. The van der Waals surface area contributed by atoms with Gasteiger partial charge in [-0.2, -0.15) is 0 Å². The number of carbonyl (C=O) groups is 2. The molecule has 1 heterocycles. The first-order chi connectivity index (χ1) is 13.3. The summed E-state index contributed by atoms with van der Waals surface area (Å²) in [5, 5.41) is 3.33. The van der Waals surface area contributed by atoms with Crippen molar-refractivity contribution in [2.75, 3.05) is 13.7 Å². The second-order valence-electron chi connectivity index (χ2n) is 6.70. The molecule has 0 saturated heterocycles. The molecule has 28 heavy (non-hydrogen) atoms. The summed E-state index contributed by atoms with van der Waals surface area (Å²) < 4.78 is 19.5. The SMILES string of the molecule is Cc1ccc(F)c(CN(C)C(=O)C(=O)NC2CCOc3c2ccc(Cl)c3Cl)c1. The Balaban J connectivity index is 1.71. The molecule has 3 rings (SSSR count). The maximum absolute atomic E-state index is 13.9. The monoisotopic (exact) mass is 424 g/mol. The van der Waals surface area contributed by atoms with E-state index >= 15 is 0 Å². The second kappa shape index (κ2) is 8.37. The lowest BCUT2D eigenvalue weighted by atomic mass is 10.0. The van der Waals surface area contributed by atoms with Crippen molar-refractivity contribution in [3.05, 3.63) is 62.9 Å². The van der Waals surface area contributed by atoms with Gasteiger partial charge in [-0.1, -0.05) is 47.0 Å². The molecule has 1 atom stereocenters. The zero-order chi connectivity index (χ0) is 20.4. The van der Waals surface area contributed by atoms with E-state index in [4.69, 9.17) is 27.9 Å². The van der Waals surface area contributed by atoms with Crippen LogP contribution in [0.1, 0.15) is 29.2 Å². The summed E-state index contributed by atoms with van der Waals surface area (Å²) in [6.07, 6.45) is 0.486. The van der Waals surface area contributed by atoms with Gasteiger partial charge in [0.15, 0.2) is 0 Å². The van der Waals surface area contributed by atoms with Crippen molar-refractivity contribution in [3.63, 3.8) is 0 Å². The highest BCUT2D eigenvalue weighted by Crippen LogP contribution is 2.41. The molecule has 2 aromatic rings. The molecule has 148 valence electrons. The number of nitrogens with zero attached hydrogens (tertiary/aromatic N) is 1. The zero-order valence-electron chi connectivity index (χ0n) is 15.4. The van der Waals surface area contributed by atoms with E-state index in [0.717, 1.165) is 5.56 Å². The lowest BCUT2D eigenvalue weighted by molar-refractivity contribution is -0.145. The van der Waals surface area contributed by atoms with Crippen molar-refractivity contribution >= 4 is 35.0 Å². The van der Waals surface area contributed by atoms with E-state index in [1.807, 2.05) is 6.92 Å². The van der Waals surface area contributed by atoms with E-state index in [9.17, 15) is 14.0 Å². The largest absolute Gasteiger partial charge is 0.492 e. The van der Waals surface area contributed by atoms with Crippen LogP contribution in [0.2, 0.25) is 10.0 Å². The van der Waals surface area contributed by atoms with Gasteiger partial charge in [-0.3, -0.25) is 9.59 Å². The van der Waals surface area contributed by atoms with Crippen LogP contribution in [0.4, 0.5) is 4.39 Å². The number of fused-ring (bicyclic) bond motifs is 1. The van der Waals surface area contributed by atoms with Gasteiger partial charge >= 0.3 is 11.8 Å². The number of carbonyl (C=O) groups excluding carboxylic acids is 2. The fourth-order valence-electron chi connectivity index (χ4n) is 3.10. The second-order valence-corrected chi connectivity index (χ2v) is 7.48. The number of benzene rings is 2. The molecule has 8 heteroatoms. The molecule has 0 aliphatic carbocycles. The maximum Gasteiger partial charge on any atom is 0.311 e. The number of aryl methyl sites for hydroxylation is 1. The van der Waals surface area contributed by atoms with Crippen LogP contribution in [-0.2, 0) is 16.1 Å². The molecule has 0 fully saturated rings. The fraction of sp³-hybridized carbons (Fsp3) is 0.300. The molecule has 1 aliphatic rings. The van der Waals surface area contributed by atoms with Crippen LogP contribution in [0.15, 0.2) is 30.3 Å². The van der Waals surface area contributed by atoms with Gasteiger partial charge in [-0.15, -0.1) is 0 Å². The summed E-state index contributed by atoms with van der Waals surface area (Å²) in [5.41, 5.74) is 1.88. The van der Waals surface area contributed by atoms with Crippen molar-refractivity contribution < 1.29 is 18.7 Å². The average Bonchev–Trinajstić information content (AvgIpc) is 2.67. The van der Waals surface area contributed by atoms with Crippen LogP contribution < -0.4 is 10.1 Å². The summed E-state index contributed by atoms with van der Waals surface area (Å²) in [6.45, 7) is 2.15. The molecule has 1 unspecified atom stereocenters. The molecule has 0 radical (unpaired) electrons. The van der Waals surface area contributed by atoms with Crippen molar-refractivity contribution in [2.45, 2.75) is 25.9 Å². The summed E-state index contributed by atoms with van der Waals surface area (Å²) >= 11 is 12.2. The predicted molar refractivity (Wildman–Crippen MR) is 105 cm³/mol. The van der Waals surface area contributed by atoms with E-state index in [1.165, 1.54) is 18.0 Å². The number of rotatable bonds is 3. The Morgan fingerprint density at radius 1 is 1.29 bits per heavy atom. The highest BCUT2D eigenvalue weighted by Gasteiger charge is 2.29. The lowest BCUT2D eigenvalue weighted by Gasteiger charge is -2.28. The molecule has 0 spiro atoms. The molecular formula is C20H19Cl2FN2O3. The van der Waals surface area contributed by atoms with Gasteiger partial charge in [-0.25, -0.2) is 4.39 Å². The molecule has 0 saturated carbocycles. The summed E-state index contributed by atoms with van der Waals surface area (Å²) in [5.74, 6) is -1.54. The highest BCUT2D eigenvalue weighted by atomic mass is 35.5.